The van der Waals surface area contributed by atoms with Gasteiger partial charge in [0.1, 0.15) is 4.90 Å². The molecule has 1 saturated carbocycles. The van der Waals surface area contributed by atoms with Crippen LogP contribution in [0, 0.1) is 0 Å². The molecule has 7 nitrogen and oxygen atoms in total. The number of pyridine rings is 1. The van der Waals surface area contributed by atoms with Gasteiger partial charge in [0.25, 0.3) is 0 Å². The van der Waals surface area contributed by atoms with Gasteiger partial charge in [0.15, 0.2) is 0 Å². The highest BCUT2D eigenvalue weighted by Gasteiger charge is 2.24. The van der Waals surface area contributed by atoms with Gasteiger partial charge in [-0.3, -0.25) is 4.98 Å². The molecule has 1 heterocycles. The van der Waals surface area contributed by atoms with E-state index < -0.39 is 16.0 Å². The number of sulfonamides is 1. The molecule has 0 unspecified atom stereocenters. The van der Waals surface area contributed by atoms with Crippen LogP contribution >= 0.6 is 15.9 Å². The van der Waals surface area contributed by atoms with E-state index in [4.69, 9.17) is 0 Å². The van der Waals surface area contributed by atoms with Crippen molar-refractivity contribution in [3.63, 3.8) is 0 Å². The largest absolute Gasteiger partial charge is 0.478 e. The van der Waals surface area contributed by atoms with Crippen LogP contribution in [0.3, 0.4) is 0 Å². The summed E-state index contributed by atoms with van der Waals surface area (Å²) in [6.45, 7) is 0.126. The Morgan fingerprint density at radius 3 is 2.51 bits per heavy atom. The summed E-state index contributed by atoms with van der Waals surface area (Å²) in [6, 6.07) is 19.9. The summed E-state index contributed by atoms with van der Waals surface area (Å²) in [4.78, 5) is 16.3. The monoisotopic (exact) mass is 579 g/mol. The van der Waals surface area contributed by atoms with Crippen LogP contribution < -0.4 is 10.0 Å². The molecule has 0 saturated heterocycles. The third-order valence-corrected chi connectivity index (χ3v) is 8.60. The molecule has 3 N–H and O–H groups in total. The summed E-state index contributed by atoms with van der Waals surface area (Å²) < 4.78 is 30.4. The number of hydrogen-bond donors (Lipinski definition) is 3. The molecular weight excluding hydrogens is 554 g/mol. The van der Waals surface area contributed by atoms with E-state index in [9.17, 15) is 18.3 Å². The highest BCUT2D eigenvalue weighted by atomic mass is 79.9. The number of carboxylic acids is 1. The van der Waals surface area contributed by atoms with E-state index in [1.165, 1.54) is 6.20 Å². The van der Waals surface area contributed by atoms with Crippen LogP contribution in [0.5, 0.6) is 0 Å². The molecule has 9 heteroatoms. The van der Waals surface area contributed by atoms with E-state index in [0.29, 0.717) is 28.2 Å². The van der Waals surface area contributed by atoms with Gasteiger partial charge in [-0.05, 0) is 66.3 Å². The molecular formula is C28H26BrN3O4S. The minimum Gasteiger partial charge on any atom is -0.478 e. The summed E-state index contributed by atoms with van der Waals surface area (Å²) in [5, 5.41) is 13.6. The predicted octanol–water partition coefficient (Wildman–Crippen LogP) is 6.58. The SMILES string of the molecule is O=C(O)c1cc(Nc2c(S(=O)(=O)NCc3ccccc3)cnc3cc(Br)ccc23)cc(C2CCCC2)c1. The van der Waals surface area contributed by atoms with E-state index in [0.717, 1.165) is 41.3 Å². The fraction of sp³-hybridized carbons (Fsp3) is 0.214. The lowest BCUT2D eigenvalue weighted by Gasteiger charge is -2.18. The molecule has 1 aliphatic carbocycles. The zero-order valence-electron chi connectivity index (χ0n) is 19.9. The van der Waals surface area contributed by atoms with Crippen molar-refractivity contribution in [2.24, 2.45) is 0 Å². The van der Waals surface area contributed by atoms with Crippen molar-refractivity contribution in [2.75, 3.05) is 5.32 Å². The van der Waals surface area contributed by atoms with E-state index in [-0.39, 0.29) is 17.0 Å². The van der Waals surface area contributed by atoms with Crippen molar-refractivity contribution in [3.05, 3.63) is 94.1 Å². The molecule has 4 aromatic rings. The Morgan fingerprint density at radius 2 is 1.78 bits per heavy atom. The first-order valence-electron chi connectivity index (χ1n) is 12.1. The topological polar surface area (TPSA) is 108 Å². The van der Waals surface area contributed by atoms with E-state index >= 15 is 0 Å². The van der Waals surface area contributed by atoms with E-state index in [2.05, 4.69) is 31.0 Å². The second-order valence-corrected chi connectivity index (χ2v) is 11.9. The molecule has 0 atom stereocenters. The Balaban J connectivity index is 1.59. The molecule has 1 fully saturated rings. The summed E-state index contributed by atoms with van der Waals surface area (Å²) in [6.07, 6.45) is 5.59. The maximum Gasteiger partial charge on any atom is 0.335 e. The fourth-order valence-corrected chi connectivity index (χ4v) is 6.30. The summed E-state index contributed by atoms with van der Waals surface area (Å²) in [5.41, 5.74) is 3.42. The average molecular weight is 581 g/mol. The van der Waals surface area contributed by atoms with Gasteiger partial charge < -0.3 is 10.4 Å². The molecule has 190 valence electrons. The number of hydrogen-bond acceptors (Lipinski definition) is 5. The number of nitrogens with one attached hydrogen (secondary N) is 2. The van der Waals surface area contributed by atoms with Crippen molar-refractivity contribution in [2.45, 2.75) is 43.0 Å². The number of halogens is 1. The van der Waals surface area contributed by atoms with Gasteiger partial charge in [-0.1, -0.05) is 59.1 Å². The second-order valence-electron chi connectivity index (χ2n) is 9.22. The Kier molecular flexibility index (Phi) is 7.28. The molecule has 0 radical (unpaired) electrons. The number of benzene rings is 3. The molecule has 0 spiro atoms. The Morgan fingerprint density at radius 1 is 1.03 bits per heavy atom. The molecule has 0 amide bonds. The van der Waals surface area contributed by atoms with Crippen LogP contribution in [0.4, 0.5) is 11.4 Å². The molecule has 5 rings (SSSR count). The smallest absolute Gasteiger partial charge is 0.335 e. The lowest BCUT2D eigenvalue weighted by molar-refractivity contribution is 0.0696. The minimum absolute atomic E-state index is 0.0126. The van der Waals surface area contributed by atoms with Gasteiger partial charge in [0.05, 0.1) is 16.8 Å². The lowest BCUT2D eigenvalue weighted by Crippen LogP contribution is -2.24. The number of anilines is 2. The molecule has 1 aliphatic rings. The Bertz CT molecular complexity index is 1570. The standard InChI is InChI=1S/C28H26BrN3O4S/c29-22-10-11-24-25(15-22)30-17-26(37(35,36)31-16-18-6-2-1-3-7-18)27(24)32-23-13-20(19-8-4-5-9-19)12-21(14-23)28(33)34/h1-3,6-7,10-15,17,19,31H,4-5,8-9,16H2,(H,30,32)(H,33,34). The third kappa shape index (κ3) is 5.69. The van der Waals surface area contributed by atoms with Crippen LogP contribution in [0.25, 0.3) is 10.9 Å². The fourth-order valence-electron chi connectivity index (χ4n) is 4.82. The molecule has 1 aromatic heterocycles. The average Bonchev–Trinajstić information content (AvgIpc) is 3.43. The summed E-state index contributed by atoms with van der Waals surface area (Å²) in [5.74, 6) is -0.732. The highest BCUT2D eigenvalue weighted by molar-refractivity contribution is 9.10. The van der Waals surface area contributed by atoms with Crippen molar-refractivity contribution in [1.82, 2.24) is 9.71 Å². The van der Waals surface area contributed by atoms with Crippen LogP contribution in [-0.2, 0) is 16.6 Å². The number of carboxylic acid groups (broad SMARTS) is 1. The van der Waals surface area contributed by atoms with E-state index in [1.54, 1.807) is 18.2 Å². The van der Waals surface area contributed by atoms with Crippen LogP contribution in [0.1, 0.15) is 53.1 Å². The number of nitrogens with zero attached hydrogens (tertiary/aromatic N) is 1. The van der Waals surface area contributed by atoms with Crippen molar-refractivity contribution >= 4 is 54.2 Å². The quantitative estimate of drug-likeness (QED) is 0.218. The van der Waals surface area contributed by atoms with Gasteiger partial charge in [0.2, 0.25) is 10.0 Å². The van der Waals surface area contributed by atoms with Gasteiger partial charge in [-0.25, -0.2) is 17.9 Å². The molecule has 3 aromatic carbocycles. The number of fused-ring (bicyclic) bond motifs is 1. The first kappa shape index (κ1) is 25.4. The van der Waals surface area contributed by atoms with Crippen molar-refractivity contribution in [1.29, 1.82) is 0 Å². The molecule has 37 heavy (non-hydrogen) atoms. The Labute approximate surface area is 224 Å². The van der Waals surface area contributed by atoms with Crippen molar-refractivity contribution in [3.8, 4) is 0 Å². The number of aromatic carboxylic acids is 1. The van der Waals surface area contributed by atoms with Crippen LogP contribution in [0.2, 0.25) is 0 Å². The third-order valence-electron chi connectivity index (χ3n) is 6.69. The van der Waals surface area contributed by atoms with Crippen LogP contribution in [0.15, 0.2) is 82.3 Å². The number of carbonyl (C=O) groups is 1. The summed E-state index contributed by atoms with van der Waals surface area (Å²) >= 11 is 3.45. The predicted molar refractivity (Wildman–Crippen MR) is 148 cm³/mol. The van der Waals surface area contributed by atoms with Gasteiger partial charge in [-0.15, -0.1) is 0 Å². The second kappa shape index (κ2) is 10.6. The van der Waals surface area contributed by atoms with Gasteiger partial charge in [0, 0.05) is 28.3 Å². The molecule has 0 aliphatic heterocycles. The zero-order valence-corrected chi connectivity index (χ0v) is 22.3. The number of rotatable bonds is 8. The Hall–Kier alpha value is -3.27. The first-order valence-corrected chi connectivity index (χ1v) is 14.3. The summed E-state index contributed by atoms with van der Waals surface area (Å²) in [7, 11) is -3.97. The van der Waals surface area contributed by atoms with Crippen LogP contribution in [-0.4, -0.2) is 24.5 Å². The van der Waals surface area contributed by atoms with Gasteiger partial charge >= 0.3 is 5.97 Å². The highest BCUT2D eigenvalue weighted by Crippen LogP contribution is 2.38. The number of aromatic nitrogens is 1. The van der Waals surface area contributed by atoms with Crippen molar-refractivity contribution < 1.29 is 18.3 Å². The maximum absolute atomic E-state index is 13.5. The molecule has 0 bridgehead atoms. The van der Waals surface area contributed by atoms with E-state index in [1.807, 2.05) is 48.5 Å². The maximum atomic E-state index is 13.5. The normalized spacial score (nSPS) is 14.2. The van der Waals surface area contributed by atoms with Gasteiger partial charge in [-0.2, -0.15) is 0 Å². The first-order chi connectivity index (χ1) is 17.8. The lowest BCUT2D eigenvalue weighted by atomic mass is 9.95. The zero-order chi connectivity index (χ0) is 26.0. The minimum atomic E-state index is -3.97.